The summed E-state index contributed by atoms with van der Waals surface area (Å²) in [6.07, 6.45) is 0. The highest BCUT2D eigenvalue weighted by Gasteiger charge is 2.10. The van der Waals surface area contributed by atoms with Crippen LogP contribution >= 0.6 is 28.3 Å². The summed E-state index contributed by atoms with van der Waals surface area (Å²) in [7, 11) is 0. The van der Waals surface area contributed by atoms with Crippen LogP contribution in [0.5, 0.6) is 0 Å². The molecule has 1 unspecified atom stereocenters. The van der Waals surface area contributed by atoms with Gasteiger partial charge in [-0.3, -0.25) is 4.79 Å². The van der Waals surface area contributed by atoms with Crippen LogP contribution < -0.4 is 11.1 Å². The Balaban J connectivity index is 0.00000225. The molecule has 3 N–H and O–H groups in total. The van der Waals surface area contributed by atoms with Gasteiger partial charge in [0.15, 0.2) is 0 Å². The molecule has 0 radical (unpaired) electrons. The molecule has 0 heterocycles. The van der Waals surface area contributed by atoms with Gasteiger partial charge < -0.3 is 11.1 Å². The van der Waals surface area contributed by atoms with Gasteiger partial charge in [0.25, 0.3) is 0 Å². The Morgan fingerprint density at radius 2 is 2.19 bits per heavy atom. The summed E-state index contributed by atoms with van der Waals surface area (Å²) >= 11 is 3.41. The number of anilines is 1. The molecule has 1 aromatic carbocycles. The van der Waals surface area contributed by atoms with Gasteiger partial charge in [0, 0.05) is 22.6 Å². The van der Waals surface area contributed by atoms with Crippen molar-refractivity contribution in [2.45, 2.75) is 13.8 Å². The van der Waals surface area contributed by atoms with Crippen LogP contribution in [0.4, 0.5) is 5.69 Å². The third-order valence-electron chi connectivity index (χ3n) is 2.24. The molecular formula is C11H16BrClN2O. The third-order valence-corrected chi connectivity index (χ3v) is 3.09. The van der Waals surface area contributed by atoms with Gasteiger partial charge in [0.2, 0.25) is 5.91 Å². The maximum Gasteiger partial charge on any atom is 0.228 e. The first kappa shape index (κ1) is 15.4. The van der Waals surface area contributed by atoms with Crippen LogP contribution in [0.2, 0.25) is 0 Å². The van der Waals surface area contributed by atoms with Crippen molar-refractivity contribution >= 4 is 39.9 Å². The van der Waals surface area contributed by atoms with Crippen LogP contribution in [0.25, 0.3) is 0 Å². The van der Waals surface area contributed by atoms with E-state index >= 15 is 0 Å². The van der Waals surface area contributed by atoms with Crippen molar-refractivity contribution in [1.82, 2.24) is 0 Å². The summed E-state index contributed by atoms with van der Waals surface area (Å²) in [5.74, 6) is -0.210. The van der Waals surface area contributed by atoms with Crippen molar-refractivity contribution in [2.24, 2.45) is 11.7 Å². The van der Waals surface area contributed by atoms with Crippen LogP contribution in [0.3, 0.4) is 0 Å². The largest absolute Gasteiger partial charge is 0.330 e. The predicted octanol–water partition coefficient (Wildman–Crippen LogP) is 2.71. The summed E-state index contributed by atoms with van der Waals surface area (Å²) in [6, 6.07) is 5.71. The molecule has 0 spiro atoms. The molecule has 0 aliphatic rings. The first-order chi connectivity index (χ1) is 7.04. The summed E-state index contributed by atoms with van der Waals surface area (Å²) in [5.41, 5.74) is 7.34. The van der Waals surface area contributed by atoms with E-state index in [0.717, 1.165) is 15.7 Å². The molecule has 0 bridgehead atoms. The van der Waals surface area contributed by atoms with E-state index in [4.69, 9.17) is 5.73 Å². The Bertz CT molecular complexity index is 371. The van der Waals surface area contributed by atoms with Gasteiger partial charge in [-0.25, -0.2) is 0 Å². The van der Waals surface area contributed by atoms with Crippen molar-refractivity contribution in [1.29, 1.82) is 0 Å². The minimum atomic E-state index is -0.162. The number of aryl methyl sites for hydroxylation is 1. The molecule has 0 aliphatic heterocycles. The zero-order chi connectivity index (χ0) is 11.4. The number of carbonyl (C=O) groups is 1. The highest BCUT2D eigenvalue weighted by Crippen LogP contribution is 2.20. The van der Waals surface area contributed by atoms with Crippen LogP contribution in [0, 0.1) is 12.8 Å². The molecule has 1 rings (SSSR count). The van der Waals surface area contributed by atoms with E-state index in [1.807, 2.05) is 25.1 Å². The van der Waals surface area contributed by atoms with E-state index in [1.54, 1.807) is 6.92 Å². The number of carbonyl (C=O) groups excluding carboxylic acids is 1. The SMILES string of the molecule is Cc1ccc(NC(=O)C(C)CN)cc1Br.Cl. The second-order valence-electron chi connectivity index (χ2n) is 3.59. The van der Waals surface area contributed by atoms with Gasteiger partial charge in [-0.1, -0.05) is 28.9 Å². The summed E-state index contributed by atoms with van der Waals surface area (Å²) in [6.45, 7) is 4.16. The Kier molecular flexibility index (Phi) is 6.64. The van der Waals surface area contributed by atoms with Gasteiger partial charge in [0.1, 0.15) is 0 Å². The number of halogens is 2. The molecule has 0 saturated carbocycles. The third kappa shape index (κ3) is 4.12. The molecule has 16 heavy (non-hydrogen) atoms. The van der Waals surface area contributed by atoms with E-state index in [-0.39, 0.29) is 24.2 Å². The highest BCUT2D eigenvalue weighted by molar-refractivity contribution is 9.10. The molecule has 1 atom stereocenters. The number of nitrogens with two attached hydrogens (primary N) is 1. The second-order valence-corrected chi connectivity index (χ2v) is 4.44. The number of hydrogen-bond donors (Lipinski definition) is 2. The number of amides is 1. The molecule has 90 valence electrons. The minimum Gasteiger partial charge on any atom is -0.330 e. The van der Waals surface area contributed by atoms with Crippen molar-refractivity contribution in [2.75, 3.05) is 11.9 Å². The number of benzene rings is 1. The Hall–Kier alpha value is -0.580. The lowest BCUT2D eigenvalue weighted by Gasteiger charge is -2.10. The smallest absolute Gasteiger partial charge is 0.228 e. The van der Waals surface area contributed by atoms with Crippen LogP contribution in [0.15, 0.2) is 22.7 Å². The van der Waals surface area contributed by atoms with Gasteiger partial charge in [-0.2, -0.15) is 0 Å². The monoisotopic (exact) mass is 306 g/mol. The van der Waals surface area contributed by atoms with Crippen LogP contribution in [-0.2, 0) is 4.79 Å². The number of rotatable bonds is 3. The normalized spacial score (nSPS) is 11.5. The van der Waals surface area contributed by atoms with Crippen molar-refractivity contribution < 1.29 is 4.79 Å². The fourth-order valence-corrected chi connectivity index (χ4v) is 1.42. The number of nitrogens with one attached hydrogen (secondary N) is 1. The lowest BCUT2D eigenvalue weighted by molar-refractivity contribution is -0.119. The maximum atomic E-state index is 11.5. The standard InChI is InChI=1S/C11H15BrN2O.ClH/c1-7-3-4-9(5-10(7)12)14-11(15)8(2)6-13;/h3-5,8H,6,13H2,1-2H3,(H,14,15);1H. The maximum absolute atomic E-state index is 11.5. The predicted molar refractivity (Wildman–Crippen MR) is 73.0 cm³/mol. The quantitative estimate of drug-likeness (QED) is 0.902. The van der Waals surface area contributed by atoms with E-state index < -0.39 is 0 Å². The van der Waals surface area contributed by atoms with E-state index in [1.165, 1.54) is 0 Å². The average Bonchev–Trinajstić information content (AvgIpc) is 2.22. The fourth-order valence-electron chi connectivity index (χ4n) is 1.04. The Labute approximate surface area is 110 Å². The summed E-state index contributed by atoms with van der Waals surface area (Å²) < 4.78 is 0.987. The molecular weight excluding hydrogens is 291 g/mol. The van der Waals surface area contributed by atoms with E-state index in [0.29, 0.717) is 6.54 Å². The van der Waals surface area contributed by atoms with E-state index in [9.17, 15) is 4.79 Å². The van der Waals surface area contributed by atoms with Gasteiger partial charge in [-0.05, 0) is 24.6 Å². The minimum absolute atomic E-state index is 0. The van der Waals surface area contributed by atoms with E-state index in [2.05, 4.69) is 21.2 Å². The molecule has 1 aromatic rings. The first-order valence-corrected chi connectivity index (χ1v) is 5.61. The van der Waals surface area contributed by atoms with Gasteiger partial charge in [-0.15, -0.1) is 12.4 Å². The molecule has 0 aliphatic carbocycles. The van der Waals surface area contributed by atoms with Gasteiger partial charge in [0.05, 0.1) is 0 Å². The second kappa shape index (κ2) is 6.89. The highest BCUT2D eigenvalue weighted by atomic mass is 79.9. The lowest BCUT2D eigenvalue weighted by Crippen LogP contribution is -2.26. The number of hydrogen-bond acceptors (Lipinski definition) is 2. The Morgan fingerprint density at radius 3 is 2.69 bits per heavy atom. The van der Waals surface area contributed by atoms with Crippen LogP contribution in [-0.4, -0.2) is 12.5 Å². The summed E-state index contributed by atoms with van der Waals surface area (Å²) in [4.78, 5) is 11.5. The summed E-state index contributed by atoms with van der Waals surface area (Å²) in [5, 5.41) is 2.81. The van der Waals surface area contributed by atoms with Crippen molar-refractivity contribution in [3.8, 4) is 0 Å². The molecule has 0 aromatic heterocycles. The van der Waals surface area contributed by atoms with Crippen LogP contribution in [0.1, 0.15) is 12.5 Å². The van der Waals surface area contributed by atoms with Crippen molar-refractivity contribution in [3.63, 3.8) is 0 Å². The topological polar surface area (TPSA) is 55.1 Å². The Morgan fingerprint density at radius 1 is 1.56 bits per heavy atom. The van der Waals surface area contributed by atoms with Crippen molar-refractivity contribution in [3.05, 3.63) is 28.2 Å². The zero-order valence-corrected chi connectivity index (χ0v) is 11.7. The molecule has 0 fully saturated rings. The molecule has 0 saturated heterocycles. The molecule has 1 amide bonds. The fraction of sp³-hybridized carbons (Fsp3) is 0.364. The molecule has 5 heteroatoms. The average molecular weight is 308 g/mol. The lowest BCUT2D eigenvalue weighted by atomic mass is 10.1. The zero-order valence-electron chi connectivity index (χ0n) is 9.29. The van der Waals surface area contributed by atoms with Gasteiger partial charge >= 0.3 is 0 Å². The molecule has 3 nitrogen and oxygen atoms in total. The first-order valence-electron chi connectivity index (χ1n) is 4.81.